The second kappa shape index (κ2) is 6.91. The Morgan fingerprint density at radius 3 is 2.79 bits per heavy atom. The third kappa shape index (κ3) is 4.25. The van der Waals surface area contributed by atoms with Gasteiger partial charge >= 0.3 is 11.9 Å². The van der Waals surface area contributed by atoms with Crippen molar-refractivity contribution in [2.45, 2.75) is 18.1 Å². The predicted molar refractivity (Wildman–Crippen MR) is 80.8 cm³/mol. The van der Waals surface area contributed by atoms with E-state index in [4.69, 9.17) is 0 Å². The van der Waals surface area contributed by atoms with Crippen molar-refractivity contribution in [3.05, 3.63) is 45.6 Å². The van der Waals surface area contributed by atoms with E-state index in [-0.39, 0.29) is 27.8 Å². The summed E-state index contributed by atoms with van der Waals surface area (Å²) < 4.78 is 37.8. The van der Waals surface area contributed by atoms with E-state index in [0.717, 1.165) is 23.9 Å². The number of anilines is 1. The molecule has 0 aliphatic rings. The average molecular weight is 360 g/mol. The fourth-order valence-electron chi connectivity index (χ4n) is 1.82. The van der Waals surface area contributed by atoms with Gasteiger partial charge in [0.1, 0.15) is 5.69 Å². The molecule has 0 saturated heterocycles. The van der Waals surface area contributed by atoms with Crippen molar-refractivity contribution in [1.82, 2.24) is 10.2 Å². The van der Waals surface area contributed by atoms with Gasteiger partial charge < -0.3 is 5.32 Å². The summed E-state index contributed by atoms with van der Waals surface area (Å²) in [6.45, 7) is 1.47. The number of aromatic nitrogens is 2. The molecule has 0 spiro atoms. The molecule has 0 fully saturated rings. The van der Waals surface area contributed by atoms with Crippen molar-refractivity contribution in [3.8, 4) is 0 Å². The zero-order chi connectivity index (χ0) is 17.9. The number of H-pyrrole nitrogens is 1. The van der Waals surface area contributed by atoms with Crippen LogP contribution in [0.15, 0.2) is 29.3 Å². The number of alkyl halides is 3. The first-order valence-electron chi connectivity index (χ1n) is 6.47. The van der Waals surface area contributed by atoms with Crippen LogP contribution in [0.3, 0.4) is 0 Å². The summed E-state index contributed by atoms with van der Waals surface area (Å²) in [6, 6.07) is 4.19. The quantitative estimate of drug-likeness (QED) is 0.484. The van der Waals surface area contributed by atoms with E-state index in [1.54, 1.807) is 0 Å². The molecule has 2 rings (SSSR count). The van der Waals surface area contributed by atoms with Crippen LogP contribution in [0.1, 0.15) is 11.3 Å². The SMILES string of the molecule is Cc1[nH]nc(SCC(=O)Nc2cccc(C(F)(F)F)c2)c1[N+](=O)[O-]. The molecule has 11 heteroatoms. The van der Waals surface area contributed by atoms with Crippen LogP contribution < -0.4 is 5.32 Å². The van der Waals surface area contributed by atoms with Crippen LogP contribution >= 0.6 is 11.8 Å². The maximum absolute atomic E-state index is 12.6. The first-order chi connectivity index (χ1) is 11.2. The number of nitro groups is 1. The van der Waals surface area contributed by atoms with Gasteiger partial charge in [0.15, 0.2) is 5.03 Å². The molecule has 0 saturated carbocycles. The topological polar surface area (TPSA) is 101 Å². The van der Waals surface area contributed by atoms with Gasteiger partial charge in [-0.1, -0.05) is 17.8 Å². The summed E-state index contributed by atoms with van der Waals surface area (Å²) in [5, 5.41) is 19.4. The van der Waals surface area contributed by atoms with Crippen LogP contribution in [-0.4, -0.2) is 26.8 Å². The Morgan fingerprint density at radius 1 is 1.46 bits per heavy atom. The largest absolute Gasteiger partial charge is 0.416 e. The Balaban J connectivity index is 2.01. The molecule has 0 unspecified atom stereocenters. The zero-order valence-electron chi connectivity index (χ0n) is 12.2. The molecule has 2 N–H and O–H groups in total. The molecule has 2 aromatic rings. The Bertz CT molecular complexity index is 776. The fraction of sp³-hybridized carbons (Fsp3) is 0.231. The van der Waals surface area contributed by atoms with E-state index in [2.05, 4.69) is 15.5 Å². The number of carbonyl (C=O) groups is 1. The average Bonchev–Trinajstić information content (AvgIpc) is 2.85. The van der Waals surface area contributed by atoms with E-state index in [0.29, 0.717) is 0 Å². The number of halogens is 3. The number of aryl methyl sites for hydroxylation is 1. The number of nitrogens with one attached hydrogen (secondary N) is 2. The van der Waals surface area contributed by atoms with Gasteiger partial charge in [-0.25, -0.2) is 0 Å². The molecule has 128 valence electrons. The minimum Gasteiger partial charge on any atom is -0.325 e. The standard InChI is InChI=1S/C13H11F3N4O3S/c1-7-11(20(22)23)12(19-18-7)24-6-10(21)17-9-4-2-3-8(5-9)13(14,15)16/h2-5H,6H2,1H3,(H,17,21)(H,18,19). The molecular weight excluding hydrogens is 349 g/mol. The van der Waals surface area contributed by atoms with Gasteiger partial charge in [-0.3, -0.25) is 20.0 Å². The molecule has 0 aliphatic carbocycles. The third-order valence-electron chi connectivity index (χ3n) is 2.88. The summed E-state index contributed by atoms with van der Waals surface area (Å²) in [6.07, 6.45) is -4.51. The van der Waals surface area contributed by atoms with E-state index in [1.165, 1.54) is 19.1 Å². The van der Waals surface area contributed by atoms with Crippen LogP contribution in [-0.2, 0) is 11.0 Å². The lowest BCUT2D eigenvalue weighted by atomic mass is 10.2. The van der Waals surface area contributed by atoms with Crippen LogP contribution in [0, 0.1) is 17.0 Å². The van der Waals surface area contributed by atoms with Crippen molar-refractivity contribution in [3.63, 3.8) is 0 Å². The van der Waals surface area contributed by atoms with Crippen LogP contribution in [0.25, 0.3) is 0 Å². The lowest BCUT2D eigenvalue weighted by molar-refractivity contribution is -0.388. The Hall–Kier alpha value is -2.56. The Morgan fingerprint density at radius 2 is 2.17 bits per heavy atom. The first kappa shape index (κ1) is 17.8. The second-order valence-electron chi connectivity index (χ2n) is 4.67. The smallest absolute Gasteiger partial charge is 0.325 e. The lowest BCUT2D eigenvalue weighted by Gasteiger charge is -2.09. The van der Waals surface area contributed by atoms with Crippen LogP contribution in [0.2, 0.25) is 0 Å². The Labute approximate surface area is 137 Å². The number of thioether (sulfide) groups is 1. The lowest BCUT2D eigenvalue weighted by Crippen LogP contribution is -2.15. The first-order valence-corrected chi connectivity index (χ1v) is 7.46. The number of amides is 1. The number of carbonyl (C=O) groups excluding carboxylic acids is 1. The molecule has 1 aromatic carbocycles. The van der Waals surface area contributed by atoms with Gasteiger partial charge in [-0.2, -0.15) is 18.3 Å². The van der Waals surface area contributed by atoms with Crippen molar-refractivity contribution < 1.29 is 22.9 Å². The van der Waals surface area contributed by atoms with E-state index in [9.17, 15) is 28.1 Å². The number of aromatic amines is 1. The summed E-state index contributed by atoms with van der Waals surface area (Å²) in [5.74, 6) is -0.837. The van der Waals surface area contributed by atoms with Crippen molar-refractivity contribution in [1.29, 1.82) is 0 Å². The summed E-state index contributed by atoms with van der Waals surface area (Å²) in [4.78, 5) is 22.1. The monoisotopic (exact) mass is 360 g/mol. The number of rotatable bonds is 5. The molecule has 0 bridgehead atoms. The summed E-state index contributed by atoms with van der Waals surface area (Å²) in [5.41, 5.74) is -0.873. The van der Waals surface area contributed by atoms with Gasteiger partial charge in [-0.15, -0.1) is 0 Å². The van der Waals surface area contributed by atoms with Gasteiger partial charge in [0.2, 0.25) is 5.91 Å². The highest BCUT2D eigenvalue weighted by Gasteiger charge is 2.30. The van der Waals surface area contributed by atoms with Gasteiger partial charge in [0.05, 0.1) is 16.2 Å². The number of benzene rings is 1. The van der Waals surface area contributed by atoms with Crippen molar-refractivity contribution in [2.75, 3.05) is 11.1 Å². The second-order valence-corrected chi connectivity index (χ2v) is 5.64. The van der Waals surface area contributed by atoms with Crippen LogP contribution in [0.5, 0.6) is 0 Å². The minimum atomic E-state index is -4.51. The van der Waals surface area contributed by atoms with E-state index < -0.39 is 22.6 Å². The summed E-state index contributed by atoms with van der Waals surface area (Å²) in [7, 11) is 0. The molecular formula is C13H11F3N4O3S. The maximum atomic E-state index is 12.6. The van der Waals surface area contributed by atoms with Crippen molar-refractivity contribution >= 4 is 29.0 Å². The number of hydrogen-bond donors (Lipinski definition) is 2. The molecule has 1 amide bonds. The minimum absolute atomic E-state index is 0.0110. The molecule has 7 nitrogen and oxygen atoms in total. The Kier molecular flexibility index (Phi) is 5.12. The molecule has 1 heterocycles. The van der Waals surface area contributed by atoms with E-state index >= 15 is 0 Å². The third-order valence-corrected chi connectivity index (χ3v) is 3.84. The molecule has 0 radical (unpaired) electrons. The molecule has 24 heavy (non-hydrogen) atoms. The molecule has 0 aliphatic heterocycles. The predicted octanol–water partition coefficient (Wildman–Crippen LogP) is 3.38. The number of hydrogen-bond acceptors (Lipinski definition) is 5. The van der Waals surface area contributed by atoms with E-state index in [1.807, 2.05) is 0 Å². The van der Waals surface area contributed by atoms with Crippen LogP contribution in [0.4, 0.5) is 24.5 Å². The molecule has 1 aromatic heterocycles. The highest BCUT2D eigenvalue weighted by Crippen LogP contribution is 2.31. The molecule has 0 atom stereocenters. The van der Waals surface area contributed by atoms with Crippen molar-refractivity contribution in [2.24, 2.45) is 0 Å². The highest BCUT2D eigenvalue weighted by molar-refractivity contribution is 8.00. The number of nitrogens with zero attached hydrogens (tertiary/aromatic N) is 2. The highest BCUT2D eigenvalue weighted by atomic mass is 32.2. The normalized spacial score (nSPS) is 11.3. The fourth-order valence-corrected chi connectivity index (χ4v) is 2.64. The van der Waals surface area contributed by atoms with Gasteiger partial charge in [0.25, 0.3) is 0 Å². The summed E-state index contributed by atoms with van der Waals surface area (Å²) >= 11 is 0.815. The van der Waals surface area contributed by atoms with Gasteiger partial charge in [0, 0.05) is 5.69 Å². The van der Waals surface area contributed by atoms with Gasteiger partial charge in [-0.05, 0) is 25.1 Å². The maximum Gasteiger partial charge on any atom is 0.416 e. The zero-order valence-corrected chi connectivity index (χ0v) is 13.0.